The van der Waals surface area contributed by atoms with E-state index in [1.165, 1.54) is 24.0 Å². The van der Waals surface area contributed by atoms with Gasteiger partial charge in [0.15, 0.2) is 8.32 Å². The highest BCUT2D eigenvalue weighted by Crippen LogP contribution is 2.63. The van der Waals surface area contributed by atoms with Crippen LogP contribution in [0.3, 0.4) is 0 Å². The lowest BCUT2D eigenvalue weighted by Crippen LogP contribution is -2.59. The maximum absolute atomic E-state index is 10.2. The molecule has 2 rings (SSSR count). The summed E-state index contributed by atoms with van der Waals surface area (Å²) in [4.78, 5) is 0. The van der Waals surface area contributed by atoms with Crippen molar-refractivity contribution in [1.82, 2.24) is 0 Å². The van der Waals surface area contributed by atoms with Crippen LogP contribution in [0.4, 0.5) is 0 Å². The topological polar surface area (TPSA) is 29.5 Å². The maximum atomic E-state index is 10.2. The van der Waals surface area contributed by atoms with Gasteiger partial charge >= 0.3 is 0 Å². The first-order chi connectivity index (χ1) is 13.2. The van der Waals surface area contributed by atoms with Gasteiger partial charge in [-0.15, -0.1) is 0 Å². The van der Waals surface area contributed by atoms with Gasteiger partial charge in [0.05, 0.1) is 12.7 Å². The van der Waals surface area contributed by atoms with E-state index < -0.39 is 8.32 Å². The first-order valence-corrected chi connectivity index (χ1v) is 14.7. The van der Waals surface area contributed by atoms with Crippen molar-refractivity contribution in [2.45, 2.75) is 111 Å². The maximum Gasteiger partial charge on any atom is 0.192 e. The molecule has 0 saturated heterocycles. The molecule has 0 aromatic carbocycles. The van der Waals surface area contributed by atoms with Gasteiger partial charge in [0.1, 0.15) is 0 Å². The van der Waals surface area contributed by atoms with Crippen molar-refractivity contribution in [3.8, 4) is 0 Å². The summed E-state index contributed by atoms with van der Waals surface area (Å²) in [5.74, 6) is 0.810. The number of rotatable bonds is 6. The molecule has 2 nitrogen and oxygen atoms in total. The predicted molar refractivity (Wildman–Crippen MR) is 129 cm³/mol. The molecule has 168 valence electrons. The van der Waals surface area contributed by atoms with E-state index in [0.29, 0.717) is 12.0 Å². The highest BCUT2D eigenvalue weighted by molar-refractivity contribution is 6.74. The number of fused-ring (bicyclic) bond motifs is 1. The molecule has 0 spiro atoms. The summed E-state index contributed by atoms with van der Waals surface area (Å²) in [5, 5.41) is 10.5. The van der Waals surface area contributed by atoms with Crippen LogP contribution in [0.15, 0.2) is 23.8 Å². The smallest absolute Gasteiger partial charge is 0.192 e. The lowest BCUT2D eigenvalue weighted by atomic mass is 9.46. The van der Waals surface area contributed by atoms with Crippen molar-refractivity contribution in [2.75, 3.05) is 6.61 Å². The third-order valence-electron chi connectivity index (χ3n) is 8.98. The second-order valence-electron chi connectivity index (χ2n) is 12.2. The summed E-state index contributed by atoms with van der Waals surface area (Å²) in [7, 11) is -1.84. The van der Waals surface area contributed by atoms with E-state index in [2.05, 4.69) is 74.2 Å². The van der Waals surface area contributed by atoms with E-state index in [-0.39, 0.29) is 28.4 Å². The molecule has 2 saturated carbocycles. The molecule has 0 unspecified atom stereocenters. The second-order valence-corrected chi connectivity index (χ2v) is 17.0. The van der Waals surface area contributed by atoms with E-state index in [1.807, 2.05) is 0 Å². The predicted octanol–water partition coefficient (Wildman–Crippen LogP) is 7.50. The van der Waals surface area contributed by atoms with E-state index >= 15 is 0 Å². The SMILES string of the molecule is C=C1CC[C@H]2[C@](C)(CCC=C(C)C)[C@@H](O[Si](C)(C)C(C)(C)C)CC[C@]2(C)[C@H]1CO. The standard InChI is InChI=1S/C26H48O2Si/c1-19(2)12-11-16-26(8)22-14-13-20(3)21(18-27)25(22,7)17-15-23(26)28-29(9,10)24(4,5)6/h12,21-23,27H,3,11,13-18H2,1-2,4-10H3/t21-,22+,23-,25+,26-/m0/s1. The zero-order valence-electron chi connectivity index (χ0n) is 20.8. The largest absolute Gasteiger partial charge is 0.413 e. The van der Waals surface area contributed by atoms with Crippen LogP contribution in [0.5, 0.6) is 0 Å². The summed E-state index contributed by atoms with van der Waals surface area (Å²) < 4.78 is 7.14. The van der Waals surface area contributed by atoms with Crippen LogP contribution in [-0.4, -0.2) is 26.1 Å². The molecule has 2 aliphatic carbocycles. The van der Waals surface area contributed by atoms with Gasteiger partial charge < -0.3 is 9.53 Å². The van der Waals surface area contributed by atoms with Gasteiger partial charge in [-0.1, -0.05) is 58.4 Å². The Morgan fingerprint density at radius 3 is 2.38 bits per heavy atom. The Bertz CT molecular complexity index is 625. The lowest BCUT2D eigenvalue weighted by Gasteiger charge is -2.62. The van der Waals surface area contributed by atoms with Crippen molar-refractivity contribution in [3.63, 3.8) is 0 Å². The molecule has 0 aromatic rings. The highest BCUT2D eigenvalue weighted by Gasteiger charge is 2.59. The van der Waals surface area contributed by atoms with Crippen molar-refractivity contribution in [3.05, 3.63) is 23.8 Å². The highest BCUT2D eigenvalue weighted by atomic mass is 28.4. The minimum atomic E-state index is -1.84. The third-order valence-corrected chi connectivity index (χ3v) is 13.5. The van der Waals surface area contributed by atoms with Crippen LogP contribution in [-0.2, 0) is 4.43 Å². The van der Waals surface area contributed by atoms with Gasteiger partial charge in [-0.25, -0.2) is 0 Å². The van der Waals surface area contributed by atoms with Crippen molar-refractivity contribution in [2.24, 2.45) is 22.7 Å². The quantitative estimate of drug-likeness (QED) is 0.356. The van der Waals surface area contributed by atoms with Gasteiger partial charge in [0, 0.05) is 5.92 Å². The first-order valence-electron chi connectivity index (χ1n) is 11.8. The van der Waals surface area contributed by atoms with E-state index in [9.17, 15) is 5.11 Å². The monoisotopic (exact) mass is 420 g/mol. The van der Waals surface area contributed by atoms with Crippen LogP contribution < -0.4 is 0 Å². The Morgan fingerprint density at radius 1 is 1.24 bits per heavy atom. The molecular weight excluding hydrogens is 372 g/mol. The second kappa shape index (κ2) is 8.63. The molecule has 0 aromatic heterocycles. The number of allylic oxidation sites excluding steroid dienone is 2. The summed E-state index contributed by atoms with van der Waals surface area (Å²) in [5.41, 5.74) is 2.95. The third kappa shape index (κ3) is 4.77. The minimum absolute atomic E-state index is 0.136. The molecule has 1 N–H and O–H groups in total. The summed E-state index contributed by atoms with van der Waals surface area (Å²) in [6, 6.07) is 0. The summed E-state index contributed by atoms with van der Waals surface area (Å²) in [6.07, 6.45) is 9.48. The number of aliphatic hydroxyl groups is 1. The van der Waals surface area contributed by atoms with Crippen LogP contribution >= 0.6 is 0 Å². The van der Waals surface area contributed by atoms with Gasteiger partial charge in [-0.3, -0.25) is 0 Å². The van der Waals surface area contributed by atoms with E-state index in [0.717, 1.165) is 25.7 Å². The average molecular weight is 421 g/mol. The van der Waals surface area contributed by atoms with Crippen LogP contribution in [0.1, 0.15) is 87.0 Å². The molecule has 0 heterocycles. The van der Waals surface area contributed by atoms with Crippen molar-refractivity contribution in [1.29, 1.82) is 0 Å². The summed E-state index contributed by atoms with van der Waals surface area (Å²) >= 11 is 0. The summed E-state index contributed by atoms with van der Waals surface area (Å²) in [6.45, 7) is 25.8. The fourth-order valence-electron chi connectivity index (χ4n) is 6.04. The van der Waals surface area contributed by atoms with Gasteiger partial charge in [-0.05, 0) is 87.3 Å². The Labute approximate surface area is 182 Å². The molecule has 0 aliphatic heterocycles. The van der Waals surface area contributed by atoms with Crippen LogP contribution in [0.2, 0.25) is 18.1 Å². The zero-order valence-corrected chi connectivity index (χ0v) is 21.8. The normalized spacial score (nSPS) is 35.9. The van der Waals surface area contributed by atoms with Crippen molar-refractivity contribution < 1.29 is 9.53 Å². The van der Waals surface area contributed by atoms with E-state index in [4.69, 9.17) is 4.43 Å². The van der Waals surface area contributed by atoms with Gasteiger partial charge in [-0.2, -0.15) is 0 Å². The fourth-order valence-corrected chi connectivity index (χ4v) is 7.49. The van der Waals surface area contributed by atoms with E-state index in [1.54, 1.807) is 0 Å². The van der Waals surface area contributed by atoms with Gasteiger partial charge in [0.25, 0.3) is 0 Å². The number of aliphatic hydroxyl groups excluding tert-OH is 1. The van der Waals surface area contributed by atoms with Gasteiger partial charge in [0.2, 0.25) is 0 Å². The lowest BCUT2D eigenvalue weighted by molar-refractivity contribution is -0.136. The number of hydrogen-bond acceptors (Lipinski definition) is 2. The Kier molecular flexibility index (Phi) is 7.40. The average Bonchev–Trinajstić information content (AvgIpc) is 2.56. The molecule has 5 atom stereocenters. The van der Waals surface area contributed by atoms with Crippen molar-refractivity contribution >= 4 is 8.32 Å². The first kappa shape index (κ1) is 24.9. The molecule has 0 radical (unpaired) electrons. The Hall–Kier alpha value is -0.383. The molecular formula is C26H48O2Si. The fraction of sp³-hybridized carbons (Fsp3) is 0.846. The van der Waals surface area contributed by atoms with Crippen LogP contribution in [0.25, 0.3) is 0 Å². The Morgan fingerprint density at radius 2 is 1.86 bits per heavy atom. The molecule has 0 bridgehead atoms. The molecule has 2 aliphatic rings. The number of hydrogen-bond donors (Lipinski definition) is 1. The molecule has 29 heavy (non-hydrogen) atoms. The Balaban J connectivity index is 2.43. The van der Waals surface area contributed by atoms with Crippen LogP contribution in [0, 0.1) is 22.7 Å². The molecule has 3 heteroatoms. The molecule has 2 fully saturated rings. The minimum Gasteiger partial charge on any atom is -0.413 e. The molecule has 0 amide bonds. The zero-order chi connectivity index (χ0) is 22.3.